The fourth-order valence-electron chi connectivity index (χ4n) is 3.31. The van der Waals surface area contributed by atoms with Gasteiger partial charge in [0.2, 0.25) is 0 Å². The molecule has 8 nitrogen and oxygen atoms in total. The smallest absolute Gasteiger partial charge is 0.407 e. The molecule has 1 aliphatic rings. The fraction of sp³-hybridized carbons (Fsp3) is 0.850. The normalized spacial score (nSPS) is 19.8. The Morgan fingerprint density at radius 2 is 1.43 bits per heavy atom. The molecule has 1 rings (SSSR count). The summed E-state index contributed by atoms with van der Waals surface area (Å²) in [4.78, 5) is 37.5. The number of rotatable bonds is 9. The van der Waals surface area contributed by atoms with Gasteiger partial charge in [0.15, 0.2) is 0 Å². The molecular weight excluding hydrogens is 364 g/mol. The fourth-order valence-corrected chi connectivity index (χ4v) is 3.31. The van der Waals surface area contributed by atoms with Crippen LogP contribution in [0.1, 0.15) is 60.3 Å². The predicted molar refractivity (Wildman–Crippen MR) is 105 cm³/mol. The van der Waals surface area contributed by atoms with E-state index in [9.17, 15) is 14.4 Å². The first-order valence-electron chi connectivity index (χ1n) is 10.2. The molecule has 0 aromatic rings. The van der Waals surface area contributed by atoms with Gasteiger partial charge < -0.3 is 19.5 Å². The molecule has 0 radical (unpaired) electrons. The topological polar surface area (TPSA) is 94.2 Å². The van der Waals surface area contributed by atoms with Gasteiger partial charge in [0, 0.05) is 12.6 Å². The number of nitrogens with one attached hydrogen (secondary N) is 1. The van der Waals surface area contributed by atoms with E-state index in [0.29, 0.717) is 25.7 Å². The Kier molecular flexibility index (Phi) is 10.3. The van der Waals surface area contributed by atoms with E-state index >= 15 is 0 Å². The summed E-state index contributed by atoms with van der Waals surface area (Å²) in [6.45, 7) is 10.4. The van der Waals surface area contributed by atoms with Crippen molar-refractivity contribution in [1.82, 2.24) is 10.2 Å². The molecule has 1 N–H and O–H groups in total. The first kappa shape index (κ1) is 24.2. The van der Waals surface area contributed by atoms with Crippen LogP contribution in [0, 0.1) is 5.92 Å². The monoisotopic (exact) mass is 400 g/mol. The number of carbonyl (C=O) groups excluding carboxylic acids is 3. The molecule has 8 heteroatoms. The van der Waals surface area contributed by atoms with Gasteiger partial charge in [-0.2, -0.15) is 0 Å². The highest BCUT2D eigenvalue weighted by atomic mass is 16.6. The number of amides is 1. The Balaban J connectivity index is 2.51. The van der Waals surface area contributed by atoms with Crippen molar-refractivity contribution in [2.75, 3.05) is 32.8 Å². The summed E-state index contributed by atoms with van der Waals surface area (Å²) in [5.74, 6) is -0.308. The molecule has 0 aromatic carbocycles. The molecule has 1 aliphatic carbocycles. The molecule has 0 heterocycles. The first-order chi connectivity index (χ1) is 13.1. The summed E-state index contributed by atoms with van der Waals surface area (Å²) in [5.41, 5.74) is -0.511. The number of nitrogens with zero attached hydrogens (tertiary/aromatic N) is 1. The Morgan fingerprint density at radius 1 is 0.929 bits per heavy atom. The number of ether oxygens (including phenoxy) is 3. The lowest BCUT2D eigenvalue weighted by Gasteiger charge is -2.35. The summed E-state index contributed by atoms with van der Waals surface area (Å²) >= 11 is 0. The van der Waals surface area contributed by atoms with Crippen LogP contribution in [0.4, 0.5) is 4.79 Å². The third-order valence-corrected chi connectivity index (χ3v) is 4.54. The van der Waals surface area contributed by atoms with Crippen molar-refractivity contribution in [2.24, 2.45) is 5.92 Å². The molecule has 0 saturated heterocycles. The molecule has 1 amide bonds. The van der Waals surface area contributed by atoms with E-state index in [0.717, 1.165) is 25.7 Å². The van der Waals surface area contributed by atoms with Crippen LogP contribution in [0.3, 0.4) is 0 Å². The van der Waals surface area contributed by atoms with Crippen molar-refractivity contribution < 1.29 is 28.6 Å². The number of hydrogen-bond acceptors (Lipinski definition) is 7. The predicted octanol–water partition coefficient (Wildman–Crippen LogP) is 2.50. The van der Waals surface area contributed by atoms with Crippen LogP contribution < -0.4 is 5.32 Å². The lowest BCUT2D eigenvalue weighted by molar-refractivity contribution is -0.149. The van der Waals surface area contributed by atoms with Gasteiger partial charge in [-0.3, -0.25) is 14.5 Å². The van der Waals surface area contributed by atoms with Crippen molar-refractivity contribution in [3.8, 4) is 0 Å². The minimum absolute atomic E-state index is 0.0815. The number of carbonyl (C=O) groups is 3. The molecule has 162 valence electrons. The van der Waals surface area contributed by atoms with Gasteiger partial charge in [-0.1, -0.05) is 0 Å². The maximum atomic E-state index is 11.9. The Labute approximate surface area is 168 Å². The van der Waals surface area contributed by atoms with E-state index in [1.807, 2.05) is 25.7 Å². The van der Waals surface area contributed by atoms with Crippen LogP contribution >= 0.6 is 0 Å². The summed E-state index contributed by atoms with van der Waals surface area (Å²) in [7, 11) is 0. The maximum absolute atomic E-state index is 11.9. The second-order valence-electron chi connectivity index (χ2n) is 8.07. The zero-order valence-electron chi connectivity index (χ0n) is 17.9. The van der Waals surface area contributed by atoms with E-state index in [4.69, 9.17) is 14.2 Å². The highest BCUT2D eigenvalue weighted by molar-refractivity contribution is 5.75. The molecule has 0 bridgehead atoms. The summed E-state index contributed by atoms with van der Waals surface area (Å²) in [6, 6.07) is 0.117. The van der Waals surface area contributed by atoms with E-state index < -0.39 is 11.7 Å². The zero-order valence-corrected chi connectivity index (χ0v) is 17.9. The second-order valence-corrected chi connectivity index (χ2v) is 8.07. The minimum atomic E-state index is -0.511. The van der Waals surface area contributed by atoms with E-state index in [1.54, 1.807) is 13.8 Å². The van der Waals surface area contributed by atoms with Crippen LogP contribution in [0.5, 0.6) is 0 Å². The van der Waals surface area contributed by atoms with Crippen LogP contribution in [0.2, 0.25) is 0 Å². The molecule has 1 saturated carbocycles. The van der Waals surface area contributed by atoms with Gasteiger partial charge in [-0.05, 0) is 66.2 Å². The molecule has 0 aliphatic heterocycles. The van der Waals surface area contributed by atoms with E-state index in [1.165, 1.54) is 0 Å². The van der Waals surface area contributed by atoms with E-state index in [2.05, 4.69) is 5.32 Å². The van der Waals surface area contributed by atoms with E-state index in [-0.39, 0.29) is 31.1 Å². The Morgan fingerprint density at radius 3 is 1.86 bits per heavy atom. The van der Waals surface area contributed by atoms with Gasteiger partial charge in [0.25, 0.3) is 0 Å². The van der Waals surface area contributed by atoms with Gasteiger partial charge in [0.05, 0.1) is 26.3 Å². The van der Waals surface area contributed by atoms with Gasteiger partial charge >= 0.3 is 18.0 Å². The third-order valence-electron chi connectivity index (χ3n) is 4.54. The second kappa shape index (κ2) is 11.9. The van der Waals surface area contributed by atoms with Crippen molar-refractivity contribution >= 4 is 18.0 Å². The molecule has 28 heavy (non-hydrogen) atoms. The lowest BCUT2D eigenvalue weighted by atomic mass is 9.85. The van der Waals surface area contributed by atoms with Crippen molar-refractivity contribution in [1.29, 1.82) is 0 Å². The summed E-state index contributed by atoms with van der Waals surface area (Å²) < 4.78 is 15.3. The van der Waals surface area contributed by atoms with Crippen LogP contribution in [0.15, 0.2) is 0 Å². The largest absolute Gasteiger partial charge is 0.465 e. The molecule has 0 aromatic heterocycles. The minimum Gasteiger partial charge on any atom is -0.465 e. The van der Waals surface area contributed by atoms with Gasteiger partial charge in [-0.25, -0.2) is 4.79 Å². The average Bonchev–Trinajstić information content (AvgIpc) is 2.59. The van der Waals surface area contributed by atoms with Gasteiger partial charge in [0.1, 0.15) is 5.60 Å². The Bertz CT molecular complexity index is 489. The molecule has 0 spiro atoms. The molecule has 0 unspecified atom stereocenters. The Hall–Kier alpha value is -1.83. The zero-order chi connectivity index (χ0) is 21.2. The lowest BCUT2D eigenvalue weighted by Crippen LogP contribution is -2.45. The quantitative estimate of drug-likeness (QED) is 0.469. The first-order valence-corrected chi connectivity index (χ1v) is 10.2. The number of esters is 2. The summed E-state index contributed by atoms with van der Waals surface area (Å²) in [5, 5.41) is 2.83. The average molecular weight is 401 g/mol. The van der Waals surface area contributed by atoms with Crippen molar-refractivity contribution in [3.05, 3.63) is 0 Å². The third kappa shape index (κ3) is 9.92. The SMILES string of the molecule is CCOC(=O)CN(CC(=O)OCC)C1CCC(CNC(=O)OC(C)(C)C)CC1. The number of hydrogen-bond donors (Lipinski definition) is 1. The molecule has 1 fully saturated rings. The highest BCUT2D eigenvalue weighted by Crippen LogP contribution is 2.27. The van der Waals surface area contributed by atoms with Crippen LogP contribution in [0.25, 0.3) is 0 Å². The van der Waals surface area contributed by atoms with Gasteiger partial charge in [-0.15, -0.1) is 0 Å². The number of alkyl carbamates (subject to hydrolysis) is 1. The molecule has 0 atom stereocenters. The van der Waals surface area contributed by atoms with Crippen molar-refractivity contribution in [3.63, 3.8) is 0 Å². The standard InChI is InChI=1S/C20H36N2O6/c1-6-26-17(23)13-22(14-18(24)27-7-2)16-10-8-15(9-11-16)12-21-19(25)28-20(3,4)5/h15-16H,6-14H2,1-5H3,(H,21,25). The maximum Gasteiger partial charge on any atom is 0.407 e. The van der Waals surface area contributed by atoms with Crippen LogP contribution in [-0.2, 0) is 23.8 Å². The van der Waals surface area contributed by atoms with Crippen LogP contribution in [-0.4, -0.2) is 67.4 Å². The molecular formula is C20H36N2O6. The van der Waals surface area contributed by atoms with Crippen molar-refractivity contribution in [2.45, 2.75) is 71.9 Å². The highest BCUT2D eigenvalue weighted by Gasteiger charge is 2.29. The summed E-state index contributed by atoms with van der Waals surface area (Å²) in [6.07, 6.45) is 3.10.